The molecule has 0 saturated heterocycles. The molecule has 0 heterocycles. The number of ether oxygens (including phenoxy) is 2. The highest BCUT2D eigenvalue weighted by Gasteiger charge is 2.31. The number of hydrogen-bond donors (Lipinski definition) is 0. The summed E-state index contributed by atoms with van der Waals surface area (Å²) < 4.78 is 10.4. The minimum Gasteiger partial charge on any atom is -0.428 e. The molecule has 0 bridgehead atoms. The monoisotopic (exact) mass is 539 g/mol. The normalized spacial score (nSPS) is 14.0. The average molecular weight is 540 g/mol. The predicted octanol–water partition coefficient (Wildman–Crippen LogP) is 9.29. The number of carbonyl (C=O) groups excluding carboxylic acids is 2. The number of rotatable bonds is 22. The summed E-state index contributed by atoms with van der Waals surface area (Å²) in [4.78, 5) is 26.2. The number of aryl methyl sites for hydroxylation is 1. The molecule has 5 heteroatoms. The van der Waals surface area contributed by atoms with E-state index in [9.17, 15) is 9.59 Å². The van der Waals surface area contributed by atoms with Crippen LogP contribution in [0, 0.1) is 12.3 Å². The number of nitrogens with zero attached hydrogens (tertiary/aromatic N) is 1. The second-order valence-corrected chi connectivity index (χ2v) is 11.0. The lowest BCUT2D eigenvalue weighted by molar-refractivity contribution is -0.152. The smallest absolute Gasteiger partial charge is 0.413 e. The van der Waals surface area contributed by atoms with Gasteiger partial charge in [-0.1, -0.05) is 140 Å². The van der Waals surface area contributed by atoms with Crippen molar-refractivity contribution < 1.29 is 19.1 Å². The van der Waals surface area contributed by atoms with E-state index in [1.165, 1.54) is 95.5 Å². The van der Waals surface area contributed by atoms with Crippen molar-refractivity contribution in [2.45, 2.75) is 141 Å². The fourth-order valence-corrected chi connectivity index (χ4v) is 5.55. The van der Waals surface area contributed by atoms with Gasteiger partial charge in [-0.15, -0.1) is 6.42 Å². The molecule has 0 aliphatic heterocycles. The maximum atomic E-state index is 12.7. The van der Waals surface area contributed by atoms with Gasteiger partial charge >= 0.3 is 12.1 Å². The number of terminal acetylenes is 1. The van der Waals surface area contributed by atoms with Crippen molar-refractivity contribution >= 4 is 12.1 Å². The van der Waals surface area contributed by atoms with Gasteiger partial charge in [0, 0.05) is 6.42 Å². The molecule has 1 aliphatic rings. The number of unbranched alkanes of at least 4 members (excludes halogenated alkanes) is 16. The zero-order valence-corrected chi connectivity index (χ0v) is 24.6. The third kappa shape index (κ3) is 13.9. The summed E-state index contributed by atoms with van der Waals surface area (Å²) in [7, 11) is 0. The largest absolute Gasteiger partial charge is 0.428 e. The van der Waals surface area contributed by atoms with Gasteiger partial charge in [-0.3, -0.25) is 9.69 Å². The van der Waals surface area contributed by atoms with Crippen LogP contribution in [0.25, 0.3) is 0 Å². The summed E-state index contributed by atoms with van der Waals surface area (Å²) in [6.45, 7) is 2.06. The zero-order chi connectivity index (χ0) is 28.0. The van der Waals surface area contributed by atoms with E-state index in [0.717, 1.165) is 37.7 Å². The Kier molecular flexibility index (Phi) is 17.9. The molecule has 0 radical (unpaired) electrons. The molecule has 2 rings (SSSR count). The zero-order valence-electron chi connectivity index (χ0n) is 24.6. The first-order valence-electron chi connectivity index (χ1n) is 15.8. The van der Waals surface area contributed by atoms with E-state index in [4.69, 9.17) is 15.9 Å². The first-order chi connectivity index (χ1) is 19.2. The van der Waals surface area contributed by atoms with E-state index in [1.54, 1.807) is 4.90 Å². The third-order valence-corrected chi connectivity index (χ3v) is 7.86. The molecule has 0 spiro atoms. The Hall–Kier alpha value is -2.48. The molecular formula is C34H53NO4. The summed E-state index contributed by atoms with van der Waals surface area (Å²) in [6, 6.07) is 7.98. The van der Waals surface area contributed by atoms with Crippen molar-refractivity contribution in [2.75, 3.05) is 13.3 Å². The average Bonchev–Trinajstić information content (AvgIpc) is 3.37. The summed E-state index contributed by atoms with van der Waals surface area (Å²) >= 11 is 0. The van der Waals surface area contributed by atoms with Gasteiger partial charge in [0.25, 0.3) is 0 Å². The fourth-order valence-electron chi connectivity index (χ4n) is 5.55. The lowest BCUT2D eigenvalue weighted by Gasteiger charge is -2.27. The van der Waals surface area contributed by atoms with E-state index in [-0.39, 0.29) is 25.3 Å². The minimum absolute atomic E-state index is 0.102. The van der Waals surface area contributed by atoms with Gasteiger partial charge in [0.2, 0.25) is 6.79 Å². The molecule has 1 atom stereocenters. The second-order valence-electron chi connectivity index (χ2n) is 11.0. The highest BCUT2D eigenvalue weighted by molar-refractivity contribution is 5.71. The Balaban J connectivity index is 1.41. The third-order valence-electron chi connectivity index (χ3n) is 7.86. The van der Waals surface area contributed by atoms with Crippen LogP contribution < -0.4 is 0 Å². The molecule has 0 unspecified atom stereocenters. The molecule has 0 N–H and O–H groups in total. The van der Waals surface area contributed by atoms with Crippen molar-refractivity contribution in [3.8, 4) is 12.3 Å². The van der Waals surface area contributed by atoms with E-state index in [2.05, 4.69) is 18.9 Å². The van der Waals surface area contributed by atoms with Gasteiger partial charge in [-0.2, -0.15) is 0 Å². The van der Waals surface area contributed by atoms with Crippen LogP contribution >= 0.6 is 0 Å². The van der Waals surface area contributed by atoms with Crippen LogP contribution in [0.1, 0.15) is 146 Å². The van der Waals surface area contributed by atoms with E-state index in [1.807, 2.05) is 18.2 Å². The molecule has 1 aromatic carbocycles. The Bertz CT molecular complexity index is 846. The molecule has 1 aliphatic carbocycles. The predicted molar refractivity (Wildman–Crippen MR) is 159 cm³/mol. The van der Waals surface area contributed by atoms with Crippen molar-refractivity contribution in [3.63, 3.8) is 0 Å². The molecule has 5 nitrogen and oxygen atoms in total. The molecular weight excluding hydrogens is 486 g/mol. The maximum absolute atomic E-state index is 12.7. The lowest BCUT2D eigenvalue weighted by atomic mass is 10.0. The lowest BCUT2D eigenvalue weighted by Crippen LogP contribution is -2.35. The Morgan fingerprint density at radius 1 is 0.821 bits per heavy atom. The number of amides is 1. The van der Waals surface area contributed by atoms with Crippen LogP contribution in [0.2, 0.25) is 0 Å². The summed E-state index contributed by atoms with van der Waals surface area (Å²) in [5.41, 5.74) is 2.35. The molecule has 39 heavy (non-hydrogen) atoms. The van der Waals surface area contributed by atoms with Crippen LogP contribution in [-0.4, -0.2) is 30.3 Å². The van der Waals surface area contributed by atoms with Gasteiger partial charge in [0.05, 0.1) is 12.6 Å². The summed E-state index contributed by atoms with van der Waals surface area (Å²) in [5, 5.41) is 0. The molecule has 1 amide bonds. The van der Waals surface area contributed by atoms with Crippen molar-refractivity contribution in [2.24, 2.45) is 0 Å². The van der Waals surface area contributed by atoms with Crippen molar-refractivity contribution in [1.82, 2.24) is 4.90 Å². The topological polar surface area (TPSA) is 55.8 Å². The quantitative estimate of drug-likeness (QED) is 0.0637. The van der Waals surface area contributed by atoms with Gasteiger partial charge in [-0.05, 0) is 30.4 Å². The Labute approximate surface area is 238 Å². The number of carbonyl (C=O) groups is 2. The fraction of sp³-hybridized carbons (Fsp3) is 0.706. The number of benzene rings is 1. The second kappa shape index (κ2) is 21.4. The Morgan fingerprint density at radius 3 is 1.92 bits per heavy atom. The van der Waals surface area contributed by atoms with E-state index < -0.39 is 6.09 Å². The first kappa shape index (κ1) is 32.7. The van der Waals surface area contributed by atoms with Crippen LogP contribution in [0.3, 0.4) is 0 Å². The van der Waals surface area contributed by atoms with Crippen LogP contribution in [0.5, 0.6) is 0 Å². The number of hydrogen-bond acceptors (Lipinski definition) is 4. The molecule has 218 valence electrons. The van der Waals surface area contributed by atoms with Crippen LogP contribution in [-0.2, 0) is 20.7 Å². The maximum Gasteiger partial charge on any atom is 0.413 e. The molecule has 1 aromatic rings. The van der Waals surface area contributed by atoms with Crippen molar-refractivity contribution in [3.05, 3.63) is 35.4 Å². The number of fused-ring (bicyclic) bond motifs is 1. The standard InChI is InChI=1S/C34H53NO4/c1-3-5-6-7-8-9-10-11-12-13-14-15-16-17-18-19-20-25-33(36)38-29-39-34(37)35(28-4-2)32-27-26-30-23-21-22-24-31(30)32/h2,21-24,32H,3,5-20,25-29H2,1H3/t32-/m1/s1. The molecule has 0 saturated carbocycles. The van der Waals surface area contributed by atoms with Gasteiger partial charge in [0.15, 0.2) is 0 Å². The van der Waals surface area contributed by atoms with Gasteiger partial charge in [0.1, 0.15) is 0 Å². The van der Waals surface area contributed by atoms with E-state index >= 15 is 0 Å². The first-order valence-corrected chi connectivity index (χ1v) is 15.8. The molecule has 0 aromatic heterocycles. The summed E-state index contributed by atoms with van der Waals surface area (Å²) in [6.07, 6.45) is 29.3. The minimum atomic E-state index is -0.541. The highest BCUT2D eigenvalue weighted by Crippen LogP contribution is 2.35. The molecule has 0 fully saturated rings. The Morgan fingerprint density at radius 2 is 1.36 bits per heavy atom. The van der Waals surface area contributed by atoms with Gasteiger partial charge in [-0.25, -0.2) is 4.79 Å². The highest BCUT2D eigenvalue weighted by atomic mass is 16.7. The number of esters is 1. The van der Waals surface area contributed by atoms with Gasteiger partial charge < -0.3 is 9.47 Å². The summed E-state index contributed by atoms with van der Waals surface area (Å²) in [5.74, 6) is 2.23. The van der Waals surface area contributed by atoms with E-state index in [0.29, 0.717) is 6.42 Å². The SMILES string of the molecule is C#CCN(C(=O)OCOC(=O)CCCCCCCCCCCCCCCCCCC)[C@@H]1CCc2ccccc21. The van der Waals surface area contributed by atoms with Crippen LogP contribution in [0.4, 0.5) is 4.79 Å². The van der Waals surface area contributed by atoms with Crippen molar-refractivity contribution in [1.29, 1.82) is 0 Å². The van der Waals surface area contributed by atoms with Crippen LogP contribution in [0.15, 0.2) is 24.3 Å².